The van der Waals surface area contributed by atoms with Crippen LogP contribution in [-0.2, 0) is 25.7 Å². The number of methoxy groups -OCH3 is 1. The van der Waals surface area contributed by atoms with E-state index >= 15 is 0 Å². The van der Waals surface area contributed by atoms with Gasteiger partial charge in [0.05, 0.1) is 25.4 Å². The molecule has 1 aromatic rings. The molecule has 1 aromatic heterocycles. The van der Waals surface area contributed by atoms with E-state index in [0.717, 1.165) is 37.9 Å². The lowest BCUT2D eigenvalue weighted by Gasteiger charge is -2.66. The largest absolute Gasteiger partial charge is 0.469 e. The van der Waals surface area contributed by atoms with E-state index in [2.05, 4.69) is 130 Å². The van der Waals surface area contributed by atoms with E-state index < -0.39 is 0 Å². The molecule has 5 rings (SSSR count). The molecule has 216 valence electrons. The van der Waals surface area contributed by atoms with Crippen molar-refractivity contribution < 1.29 is 23.7 Å². The maximum atomic E-state index is 6.50. The van der Waals surface area contributed by atoms with Gasteiger partial charge in [0.2, 0.25) is 0 Å². The normalized spacial score (nSPS) is 29.3. The van der Waals surface area contributed by atoms with Crippen LogP contribution >= 0.6 is 0 Å². The molecule has 2 heterocycles. The van der Waals surface area contributed by atoms with Gasteiger partial charge in [-0.25, -0.2) is 0 Å². The maximum absolute atomic E-state index is 6.50. The first kappa shape index (κ1) is 30.5. The SMILES string of the molecule is COOC#CC#CC#CC#CC#CC#CC#CC#CC#C[C@]12CCC[C@]3([C@@H](OC)OC1)[C@H]1Cc4occc4[C@H](C)[C@@H]1CC[C@@H]23. The molecule has 2 bridgehead atoms. The van der Waals surface area contributed by atoms with Gasteiger partial charge in [-0.15, -0.1) is 0 Å². The van der Waals surface area contributed by atoms with Crippen molar-refractivity contribution in [1.82, 2.24) is 0 Å². The lowest BCUT2D eigenvalue weighted by Crippen LogP contribution is -2.66. The Morgan fingerprint density at radius 3 is 2.07 bits per heavy atom. The molecule has 0 spiro atoms. The highest BCUT2D eigenvalue weighted by atomic mass is 17.2. The van der Waals surface area contributed by atoms with Gasteiger partial charge in [-0.3, -0.25) is 4.89 Å². The van der Waals surface area contributed by atoms with E-state index in [-0.39, 0.29) is 17.1 Å². The van der Waals surface area contributed by atoms with E-state index in [4.69, 9.17) is 13.9 Å². The Morgan fingerprint density at radius 2 is 1.43 bits per heavy atom. The second-order valence-corrected chi connectivity index (χ2v) is 11.2. The van der Waals surface area contributed by atoms with E-state index in [1.807, 2.05) is 6.26 Å². The number of hydrogen-bond acceptors (Lipinski definition) is 5. The van der Waals surface area contributed by atoms with Gasteiger partial charge in [-0.05, 0) is 108 Å². The van der Waals surface area contributed by atoms with Crippen LogP contribution in [0.2, 0.25) is 0 Å². The summed E-state index contributed by atoms with van der Waals surface area (Å²) in [6, 6.07) is 2.16. The molecule has 0 aromatic carbocycles. The van der Waals surface area contributed by atoms with Crippen LogP contribution < -0.4 is 0 Å². The Balaban J connectivity index is 1.24. The summed E-state index contributed by atoms with van der Waals surface area (Å²) in [5, 5.41) is 0. The Labute approximate surface area is 260 Å². The molecule has 7 atom stereocenters. The summed E-state index contributed by atoms with van der Waals surface area (Å²) in [5.41, 5.74) is 1.07. The predicted octanol–water partition coefficient (Wildman–Crippen LogP) is 4.31. The molecular weight excluding hydrogens is 548 g/mol. The van der Waals surface area contributed by atoms with Crippen molar-refractivity contribution in [2.75, 3.05) is 20.8 Å². The molecular formula is C39H30O5. The van der Waals surface area contributed by atoms with Crippen molar-refractivity contribution >= 4 is 0 Å². The Kier molecular flexibility index (Phi) is 10.0. The average molecular weight is 579 g/mol. The average Bonchev–Trinajstić information content (AvgIpc) is 3.51. The topological polar surface area (TPSA) is 50.1 Å². The fourth-order valence-corrected chi connectivity index (χ4v) is 7.98. The van der Waals surface area contributed by atoms with Gasteiger partial charge < -0.3 is 13.9 Å². The second-order valence-electron chi connectivity index (χ2n) is 11.2. The van der Waals surface area contributed by atoms with Gasteiger partial charge in [0.1, 0.15) is 5.76 Å². The lowest BCUT2D eigenvalue weighted by molar-refractivity contribution is -0.319. The summed E-state index contributed by atoms with van der Waals surface area (Å²) in [5.74, 6) is 48.7. The molecule has 0 amide bonds. The number of fused-ring (bicyclic) bond motifs is 2. The van der Waals surface area contributed by atoms with Gasteiger partial charge in [0, 0.05) is 66.3 Å². The molecule has 4 aliphatic rings. The minimum absolute atomic E-state index is 0.0778. The van der Waals surface area contributed by atoms with Gasteiger partial charge in [-0.1, -0.05) is 19.3 Å². The first-order chi connectivity index (χ1) is 21.7. The van der Waals surface area contributed by atoms with Crippen LogP contribution in [0, 0.1) is 135 Å². The molecule has 5 nitrogen and oxygen atoms in total. The van der Waals surface area contributed by atoms with Crippen LogP contribution in [0.25, 0.3) is 0 Å². The van der Waals surface area contributed by atoms with Crippen molar-refractivity contribution in [3.05, 3.63) is 23.7 Å². The number of ether oxygens (including phenoxy) is 2. The van der Waals surface area contributed by atoms with Crippen LogP contribution in [0.5, 0.6) is 0 Å². The molecule has 5 heteroatoms. The Bertz CT molecular complexity index is 1840. The lowest BCUT2D eigenvalue weighted by atomic mass is 9.41. The zero-order chi connectivity index (χ0) is 30.7. The summed E-state index contributed by atoms with van der Waals surface area (Å²) in [4.78, 5) is 8.62. The molecule has 44 heavy (non-hydrogen) atoms. The summed E-state index contributed by atoms with van der Waals surface area (Å²) in [7, 11) is 3.14. The van der Waals surface area contributed by atoms with Crippen molar-refractivity contribution in [2.24, 2.45) is 28.6 Å². The summed E-state index contributed by atoms with van der Waals surface area (Å²) in [6.07, 6.45) is 10.3. The highest BCUT2D eigenvalue weighted by Crippen LogP contribution is 2.68. The fraction of sp³-hybridized carbons (Fsp3) is 0.436. The smallest absolute Gasteiger partial charge is 0.171 e. The summed E-state index contributed by atoms with van der Waals surface area (Å²) < 4.78 is 18.6. The molecule has 3 aliphatic carbocycles. The van der Waals surface area contributed by atoms with E-state index in [1.54, 1.807) is 7.11 Å². The summed E-state index contributed by atoms with van der Waals surface area (Å²) >= 11 is 0. The van der Waals surface area contributed by atoms with Crippen molar-refractivity contribution in [3.8, 4) is 107 Å². The van der Waals surface area contributed by atoms with E-state index in [1.165, 1.54) is 19.1 Å². The highest BCUT2D eigenvalue weighted by molar-refractivity contribution is 5.46. The first-order valence-corrected chi connectivity index (χ1v) is 14.6. The molecule has 0 radical (unpaired) electrons. The number of hydrogen-bond donors (Lipinski definition) is 0. The van der Waals surface area contributed by atoms with Gasteiger partial charge in [0.25, 0.3) is 0 Å². The van der Waals surface area contributed by atoms with Gasteiger partial charge >= 0.3 is 0 Å². The Hall–Kier alpha value is -5.00. The Morgan fingerprint density at radius 1 is 0.795 bits per heavy atom. The summed E-state index contributed by atoms with van der Waals surface area (Å²) in [6.45, 7) is 2.93. The third-order valence-corrected chi connectivity index (χ3v) is 9.43. The van der Waals surface area contributed by atoms with Gasteiger partial charge in [-0.2, -0.15) is 4.89 Å². The second kappa shape index (κ2) is 14.5. The molecule has 0 N–H and O–H groups in total. The molecule has 2 saturated carbocycles. The molecule has 3 fully saturated rings. The minimum atomic E-state index is -0.229. The number of furan rings is 1. The zero-order valence-corrected chi connectivity index (χ0v) is 25.0. The fourth-order valence-electron chi connectivity index (χ4n) is 7.98. The molecule has 1 saturated heterocycles. The zero-order valence-electron chi connectivity index (χ0n) is 25.0. The van der Waals surface area contributed by atoms with Crippen LogP contribution in [0.1, 0.15) is 56.3 Å². The van der Waals surface area contributed by atoms with E-state index in [9.17, 15) is 0 Å². The number of rotatable bonds is 2. The van der Waals surface area contributed by atoms with Gasteiger partial charge in [0.15, 0.2) is 12.4 Å². The first-order valence-electron chi connectivity index (χ1n) is 14.6. The highest BCUT2D eigenvalue weighted by Gasteiger charge is 2.67. The maximum Gasteiger partial charge on any atom is 0.171 e. The van der Waals surface area contributed by atoms with Crippen LogP contribution in [0.3, 0.4) is 0 Å². The minimum Gasteiger partial charge on any atom is -0.469 e. The standard InChI is InChI=1S/C39H30O5/c1-31-32-21-22-36-38(24-18-16-14-12-10-8-6-4-5-7-9-11-13-15-17-19-27-44-41-3)25-20-26-39(36,37(40-2)43-30-38)34(32)29-35-33(31)23-28-42-35/h23,28,31-32,34,36-37H,20-22,25-26,29-30H2,1-3H3/t31-,32+,34+,36+,37+,38+,39+/m1/s1. The third kappa shape index (κ3) is 6.19. The monoisotopic (exact) mass is 578 g/mol. The predicted molar refractivity (Wildman–Crippen MR) is 164 cm³/mol. The van der Waals surface area contributed by atoms with Crippen LogP contribution in [0.4, 0.5) is 0 Å². The van der Waals surface area contributed by atoms with Crippen LogP contribution in [0.15, 0.2) is 16.7 Å². The third-order valence-electron chi connectivity index (χ3n) is 9.43. The quantitative estimate of drug-likeness (QED) is 0.298. The van der Waals surface area contributed by atoms with Crippen molar-refractivity contribution in [1.29, 1.82) is 0 Å². The van der Waals surface area contributed by atoms with Crippen molar-refractivity contribution in [3.63, 3.8) is 0 Å². The molecule has 0 unspecified atom stereocenters. The molecule has 1 aliphatic heterocycles. The van der Waals surface area contributed by atoms with Crippen molar-refractivity contribution in [2.45, 2.75) is 57.7 Å². The van der Waals surface area contributed by atoms with E-state index in [0.29, 0.717) is 30.3 Å². The van der Waals surface area contributed by atoms with Crippen LogP contribution in [-0.4, -0.2) is 27.1 Å².